The maximum atomic E-state index is 12.1. The Kier molecular flexibility index (Phi) is 4.92. The van der Waals surface area contributed by atoms with Gasteiger partial charge in [0.2, 0.25) is 0 Å². The maximum Gasteiger partial charge on any atom is 0.410 e. The Morgan fingerprint density at radius 2 is 2.05 bits per heavy atom. The Morgan fingerprint density at radius 1 is 1.36 bits per heavy atom. The number of likely N-dealkylation sites (tertiary alicyclic amines) is 1. The zero-order chi connectivity index (χ0) is 16.2. The monoisotopic (exact) mass is 301 g/mol. The summed E-state index contributed by atoms with van der Waals surface area (Å²) in [5.41, 5.74) is 1.14. The highest BCUT2D eigenvalue weighted by Crippen LogP contribution is 2.19. The number of nitrogens with zero attached hydrogens (tertiary/aromatic N) is 2. The van der Waals surface area contributed by atoms with E-state index in [9.17, 15) is 4.79 Å². The third kappa shape index (κ3) is 4.66. The normalized spacial score (nSPS) is 18.5. The van der Waals surface area contributed by atoms with Gasteiger partial charge < -0.3 is 15.0 Å². The van der Waals surface area contributed by atoms with E-state index in [1.165, 1.54) is 0 Å². The molecule has 0 saturated carbocycles. The van der Waals surface area contributed by atoms with Crippen LogP contribution >= 0.6 is 0 Å². The minimum absolute atomic E-state index is 0.203. The third-order valence-electron chi connectivity index (χ3n) is 3.46. The number of carbonyl (C=O) groups is 1. The molecular weight excluding hydrogens is 278 g/mol. The molecule has 1 saturated heterocycles. The van der Waals surface area contributed by atoms with Gasteiger partial charge in [-0.25, -0.2) is 4.79 Å². The topological polar surface area (TPSA) is 65.4 Å². The molecule has 5 heteroatoms. The van der Waals surface area contributed by atoms with Crippen molar-refractivity contribution in [2.75, 3.05) is 18.4 Å². The first-order valence-corrected chi connectivity index (χ1v) is 7.62. The average Bonchev–Trinajstić information content (AvgIpc) is 2.46. The molecule has 1 aromatic rings. The van der Waals surface area contributed by atoms with E-state index < -0.39 is 5.60 Å². The molecule has 1 atom stereocenters. The van der Waals surface area contributed by atoms with Gasteiger partial charge in [-0.2, -0.15) is 5.26 Å². The number of ether oxygens (including phenoxy) is 1. The van der Waals surface area contributed by atoms with Crippen LogP contribution in [0.25, 0.3) is 0 Å². The lowest BCUT2D eigenvalue weighted by atomic mass is 10.1. The van der Waals surface area contributed by atoms with Crippen molar-refractivity contribution < 1.29 is 9.53 Å². The van der Waals surface area contributed by atoms with Crippen molar-refractivity contribution in [2.45, 2.75) is 45.3 Å². The van der Waals surface area contributed by atoms with Crippen molar-refractivity contribution in [3.05, 3.63) is 29.8 Å². The number of hydrogen-bond donors (Lipinski definition) is 1. The minimum Gasteiger partial charge on any atom is -0.444 e. The standard InChI is InChI=1S/C17H23N3O2/c1-17(2,3)22-16(21)20-10-4-5-15(12-20)19-14-8-6-13(11-18)7-9-14/h6-9,15,19H,4-5,10,12H2,1-3H3/t15-/m1/s1. The van der Waals surface area contributed by atoms with E-state index in [-0.39, 0.29) is 12.1 Å². The molecule has 0 aromatic heterocycles. The number of nitriles is 1. The molecule has 1 N–H and O–H groups in total. The van der Waals surface area contributed by atoms with Gasteiger partial charge in [-0.05, 0) is 57.9 Å². The maximum absolute atomic E-state index is 12.1. The highest BCUT2D eigenvalue weighted by atomic mass is 16.6. The number of anilines is 1. The summed E-state index contributed by atoms with van der Waals surface area (Å²) < 4.78 is 5.43. The van der Waals surface area contributed by atoms with Gasteiger partial charge in [-0.15, -0.1) is 0 Å². The minimum atomic E-state index is -0.468. The second kappa shape index (κ2) is 6.69. The first kappa shape index (κ1) is 16.2. The Labute approximate surface area is 131 Å². The predicted octanol–water partition coefficient (Wildman–Crippen LogP) is 3.37. The molecule has 118 valence electrons. The Morgan fingerprint density at radius 3 is 2.64 bits per heavy atom. The van der Waals surface area contributed by atoms with Gasteiger partial charge in [0.05, 0.1) is 11.6 Å². The summed E-state index contributed by atoms with van der Waals surface area (Å²) in [7, 11) is 0. The van der Waals surface area contributed by atoms with Crippen molar-refractivity contribution in [1.82, 2.24) is 4.90 Å². The summed E-state index contributed by atoms with van der Waals surface area (Å²) in [6.45, 7) is 7.00. The number of hydrogen-bond acceptors (Lipinski definition) is 4. The third-order valence-corrected chi connectivity index (χ3v) is 3.46. The summed E-state index contributed by atoms with van der Waals surface area (Å²) in [6.07, 6.45) is 1.71. The van der Waals surface area contributed by atoms with Crippen molar-refractivity contribution in [3.8, 4) is 6.07 Å². The van der Waals surface area contributed by atoms with E-state index in [1.807, 2.05) is 32.9 Å². The van der Waals surface area contributed by atoms with Gasteiger partial charge in [0.25, 0.3) is 0 Å². The smallest absolute Gasteiger partial charge is 0.410 e. The van der Waals surface area contributed by atoms with E-state index in [0.29, 0.717) is 12.1 Å². The highest BCUT2D eigenvalue weighted by Gasteiger charge is 2.27. The van der Waals surface area contributed by atoms with Crippen LogP contribution in [0.15, 0.2) is 24.3 Å². The SMILES string of the molecule is CC(C)(C)OC(=O)N1CCC[C@@H](Nc2ccc(C#N)cc2)C1. The van der Waals surface area contributed by atoms with Crippen LogP contribution in [0, 0.1) is 11.3 Å². The van der Waals surface area contributed by atoms with Crippen LogP contribution in [0.5, 0.6) is 0 Å². The fourth-order valence-electron chi connectivity index (χ4n) is 2.46. The quantitative estimate of drug-likeness (QED) is 0.909. The molecule has 0 spiro atoms. The first-order chi connectivity index (χ1) is 10.4. The lowest BCUT2D eigenvalue weighted by Gasteiger charge is -2.34. The number of benzene rings is 1. The van der Waals surface area contributed by atoms with E-state index in [4.69, 9.17) is 10.00 Å². The molecule has 1 heterocycles. The number of rotatable bonds is 2. The van der Waals surface area contributed by atoms with Gasteiger partial charge in [0.15, 0.2) is 0 Å². The molecule has 1 amide bonds. The summed E-state index contributed by atoms with van der Waals surface area (Å²) in [4.78, 5) is 13.9. The van der Waals surface area contributed by atoms with Crippen LogP contribution in [0.3, 0.4) is 0 Å². The van der Waals surface area contributed by atoms with Crippen molar-refractivity contribution in [1.29, 1.82) is 5.26 Å². The lowest BCUT2D eigenvalue weighted by Crippen LogP contribution is -2.46. The summed E-state index contributed by atoms with van der Waals surface area (Å²) in [6, 6.07) is 9.67. The second-order valence-electron chi connectivity index (χ2n) is 6.60. The van der Waals surface area contributed by atoms with Gasteiger partial charge in [0, 0.05) is 24.8 Å². The zero-order valence-corrected chi connectivity index (χ0v) is 13.4. The molecule has 1 aliphatic rings. The molecular formula is C17H23N3O2. The molecule has 1 aromatic carbocycles. The van der Waals surface area contributed by atoms with Crippen molar-refractivity contribution in [2.24, 2.45) is 0 Å². The van der Waals surface area contributed by atoms with E-state index in [0.717, 1.165) is 25.1 Å². The van der Waals surface area contributed by atoms with E-state index in [1.54, 1.807) is 17.0 Å². The molecule has 0 radical (unpaired) electrons. The van der Waals surface area contributed by atoms with E-state index in [2.05, 4.69) is 11.4 Å². The average molecular weight is 301 g/mol. The second-order valence-corrected chi connectivity index (χ2v) is 6.60. The van der Waals surface area contributed by atoms with Gasteiger partial charge in [0.1, 0.15) is 5.60 Å². The molecule has 1 fully saturated rings. The molecule has 22 heavy (non-hydrogen) atoms. The number of carbonyl (C=O) groups excluding carboxylic acids is 1. The fourth-order valence-corrected chi connectivity index (χ4v) is 2.46. The van der Waals surface area contributed by atoms with E-state index >= 15 is 0 Å². The predicted molar refractivity (Wildman–Crippen MR) is 85.6 cm³/mol. The van der Waals surface area contributed by atoms with Gasteiger partial charge in [-0.3, -0.25) is 0 Å². The summed E-state index contributed by atoms with van der Waals surface area (Å²) in [5.74, 6) is 0. The van der Waals surface area contributed by atoms with Gasteiger partial charge >= 0.3 is 6.09 Å². The van der Waals surface area contributed by atoms with Crippen LogP contribution in [0.2, 0.25) is 0 Å². The fraction of sp³-hybridized carbons (Fsp3) is 0.529. The molecule has 0 unspecified atom stereocenters. The van der Waals surface area contributed by atoms with Crippen LogP contribution in [-0.4, -0.2) is 35.7 Å². The molecule has 0 aliphatic carbocycles. The molecule has 5 nitrogen and oxygen atoms in total. The Hall–Kier alpha value is -2.22. The lowest BCUT2D eigenvalue weighted by molar-refractivity contribution is 0.0206. The molecule has 2 rings (SSSR count). The highest BCUT2D eigenvalue weighted by molar-refractivity contribution is 5.68. The summed E-state index contributed by atoms with van der Waals surface area (Å²) in [5, 5.41) is 12.2. The van der Waals surface area contributed by atoms with Crippen LogP contribution < -0.4 is 5.32 Å². The Bertz CT molecular complexity index is 555. The van der Waals surface area contributed by atoms with Crippen LogP contribution in [-0.2, 0) is 4.74 Å². The molecule has 0 bridgehead atoms. The summed E-state index contributed by atoms with van der Waals surface area (Å²) >= 11 is 0. The first-order valence-electron chi connectivity index (χ1n) is 7.62. The largest absolute Gasteiger partial charge is 0.444 e. The zero-order valence-electron chi connectivity index (χ0n) is 13.4. The number of amides is 1. The Balaban J connectivity index is 1.92. The molecule has 1 aliphatic heterocycles. The number of piperidine rings is 1. The number of nitrogens with one attached hydrogen (secondary N) is 1. The van der Waals surface area contributed by atoms with Crippen LogP contribution in [0.1, 0.15) is 39.2 Å². The van der Waals surface area contributed by atoms with Crippen molar-refractivity contribution >= 4 is 11.8 Å². The van der Waals surface area contributed by atoms with Gasteiger partial charge in [-0.1, -0.05) is 0 Å². The van der Waals surface area contributed by atoms with Crippen LogP contribution in [0.4, 0.5) is 10.5 Å². The van der Waals surface area contributed by atoms with Crippen molar-refractivity contribution in [3.63, 3.8) is 0 Å².